The van der Waals surface area contributed by atoms with Crippen LogP contribution in [0.1, 0.15) is 36.7 Å². The average molecular weight is 335 g/mol. The van der Waals surface area contributed by atoms with Crippen LogP contribution in [0.25, 0.3) is 11.0 Å². The molecule has 0 unspecified atom stereocenters. The van der Waals surface area contributed by atoms with Crippen molar-refractivity contribution in [3.8, 4) is 5.75 Å². The second-order valence-corrected chi connectivity index (χ2v) is 6.88. The van der Waals surface area contributed by atoms with Crippen molar-refractivity contribution < 1.29 is 9.53 Å². The summed E-state index contributed by atoms with van der Waals surface area (Å²) in [6.45, 7) is 6.38. The molecule has 0 aliphatic heterocycles. The number of hydrogen-bond donors (Lipinski definition) is 1. The number of benzene rings is 2. The summed E-state index contributed by atoms with van der Waals surface area (Å²) in [7, 11) is 1.59. The monoisotopic (exact) mass is 335 g/mol. The number of rotatable bonds is 3. The molecule has 128 valence electrons. The first kappa shape index (κ1) is 16.9. The highest BCUT2D eigenvalue weighted by Crippen LogP contribution is 2.31. The van der Waals surface area contributed by atoms with Crippen LogP contribution in [-0.2, 0) is 5.41 Å². The van der Waals surface area contributed by atoms with Crippen molar-refractivity contribution in [3.63, 3.8) is 0 Å². The van der Waals surface area contributed by atoms with Crippen LogP contribution in [0.15, 0.2) is 48.8 Å². The molecule has 0 aliphatic rings. The standard InChI is InChI=1S/C20H21N3O2/c1-20(2,3)14-6-8-18(25-4)17(12-14)23-19(24)13-5-7-15-16(11-13)22-10-9-21-15/h5-12H,1-4H3,(H,23,24). The van der Waals surface area contributed by atoms with Gasteiger partial charge in [0.05, 0.1) is 23.8 Å². The number of amides is 1. The highest BCUT2D eigenvalue weighted by molar-refractivity contribution is 6.06. The van der Waals surface area contributed by atoms with Gasteiger partial charge < -0.3 is 10.1 Å². The van der Waals surface area contributed by atoms with E-state index in [1.165, 1.54) is 0 Å². The van der Waals surface area contributed by atoms with E-state index in [9.17, 15) is 4.79 Å². The lowest BCUT2D eigenvalue weighted by Crippen LogP contribution is -2.15. The Bertz CT molecular complexity index is 930. The van der Waals surface area contributed by atoms with Gasteiger partial charge in [-0.05, 0) is 41.3 Å². The van der Waals surface area contributed by atoms with Gasteiger partial charge in [-0.1, -0.05) is 26.8 Å². The summed E-state index contributed by atoms with van der Waals surface area (Å²) in [6.07, 6.45) is 3.24. The number of hydrogen-bond acceptors (Lipinski definition) is 4. The first-order valence-corrected chi connectivity index (χ1v) is 8.09. The predicted octanol–water partition coefficient (Wildman–Crippen LogP) is 4.19. The van der Waals surface area contributed by atoms with Crippen LogP contribution in [0.5, 0.6) is 5.75 Å². The molecule has 1 amide bonds. The first-order chi connectivity index (χ1) is 11.9. The lowest BCUT2D eigenvalue weighted by molar-refractivity contribution is 0.102. The zero-order valence-electron chi connectivity index (χ0n) is 14.8. The van der Waals surface area contributed by atoms with Gasteiger partial charge in [-0.3, -0.25) is 14.8 Å². The normalized spacial score (nSPS) is 11.4. The third-order valence-corrected chi connectivity index (χ3v) is 4.05. The summed E-state index contributed by atoms with van der Waals surface area (Å²) >= 11 is 0. The van der Waals surface area contributed by atoms with Gasteiger partial charge in [0.25, 0.3) is 5.91 Å². The van der Waals surface area contributed by atoms with Crippen LogP contribution in [0.2, 0.25) is 0 Å². The van der Waals surface area contributed by atoms with Gasteiger partial charge >= 0.3 is 0 Å². The van der Waals surface area contributed by atoms with Crippen molar-refractivity contribution in [2.75, 3.05) is 12.4 Å². The fourth-order valence-corrected chi connectivity index (χ4v) is 2.57. The van der Waals surface area contributed by atoms with E-state index in [2.05, 4.69) is 36.1 Å². The zero-order chi connectivity index (χ0) is 18.0. The third-order valence-electron chi connectivity index (χ3n) is 4.05. The van der Waals surface area contributed by atoms with Gasteiger partial charge in [-0.2, -0.15) is 0 Å². The molecular formula is C20H21N3O2. The Balaban J connectivity index is 1.93. The maximum atomic E-state index is 12.7. The molecule has 3 aromatic rings. The molecule has 0 spiro atoms. The van der Waals surface area contributed by atoms with Crippen LogP contribution >= 0.6 is 0 Å². The van der Waals surface area contributed by atoms with Gasteiger partial charge in [-0.25, -0.2) is 0 Å². The molecule has 0 radical (unpaired) electrons. The van der Waals surface area contributed by atoms with E-state index in [0.29, 0.717) is 22.5 Å². The van der Waals surface area contributed by atoms with Crippen molar-refractivity contribution in [2.24, 2.45) is 0 Å². The van der Waals surface area contributed by atoms with Crippen molar-refractivity contribution in [1.29, 1.82) is 0 Å². The molecule has 1 heterocycles. The number of nitrogens with one attached hydrogen (secondary N) is 1. The molecule has 0 saturated heterocycles. The molecule has 5 nitrogen and oxygen atoms in total. The Kier molecular flexibility index (Phi) is 4.40. The predicted molar refractivity (Wildman–Crippen MR) is 99.2 cm³/mol. The van der Waals surface area contributed by atoms with Crippen molar-refractivity contribution >= 4 is 22.6 Å². The number of fused-ring (bicyclic) bond motifs is 1. The minimum absolute atomic E-state index is 0.0235. The van der Waals surface area contributed by atoms with E-state index in [4.69, 9.17) is 4.74 Å². The number of carbonyl (C=O) groups excluding carboxylic acids is 1. The van der Waals surface area contributed by atoms with Crippen molar-refractivity contribution in [3.05, 3.63) is 59.9 Å². The first-order valence-electron chi connectivity index (χ1n) is 8.09. The largest absolute Gasteiger partial charge is 0.495 e. The van der Waals surface area contributed by atoms with Crippen LogP contribution in [0.4, 0.5) is 5.69 Å². The summed E-state index contributed by atoms with van der Waals surface area (Å²) in [5.41, 5.74) is 3.71. The lowest BCUT2D eigenvalue weighted by atomic mass is 9.87. The number of anilines is 1. The van der Waals surface area contributed by atoms with E-state index in [1.54, 1.807) is 37.7 Å². The molecule has 0 saturated carbocycles. The number of carbonyl (C=O) groups is 1. The molecule has 0 atom stereocenters. The Morgan fingerprint density at radius 2 is 1.72 bits per heavy atom. The van der Waals surface area contributed by atoms with Crippen LogP contribution in [-0.4, -0.2) is 23.0 Å². The SMILES string of the molecule is COc1ccc(C(C)(C)C)cc1NC(=O)c1ccc2nccnc2c1. The molecule has 3 rings (SSSR count). The smallest absolute Gasteiger partial charge is 0.255 e. The average Bonchev–Trinajstić information content (AvgIpc) is 2.60. The maximum Gasteiger partial charge on any atom is 0.255 e. The summed E-state index contributed by atoms with van der Waals surface area (Å²) < 4.78 is 5.38. The molecule has 2 aromatic carbocycles. The van der Waals surface area contributed by atoms with Gasteiger partial charge in [0, 0.05) is 18.0 Å². The molecule has 5 heteroatoms. The summed E-state index contributed by atoms with van der Waals surface area (Å²) in [5, 5.41) is 2.94. The van der Waals surface area contributed by atoms with Gasteiger partial charge in [-0.15, -0.1) is 0 Å². The van der Waals surface area contributed by atoms with Gasteiger partial charge in [0.2, 0.25) is 0 Å². The van der Waals surface area contributed by atoms with Crippen molar-refractivity contribution in [1.82, 2.24) is 9.97 Å². The Labute approximate surface area is 147 Å². The molecule has 0 fully saturated rings. The Morgan fingerprint density at radius 3 is 2.40 bits per heavy atom. The minimum Gasteiger partial charge on any atom is -0.495 e. The van der Waals surface area contributed by atoms with E-state index in [1.807, 2.05) is 18.2 Å². The minimum atomic E-state index is -0.211. The highest BCUT2D eigenvalue weighted by atomic mass is 16.5. The number of ether oxygens (including phenoxy) is 1. The van der Waals surface area contributed by atoms with Crippen molar-refractivity contribution in [2.45, 2.75) is 26.2 Å². The summed E-state index contributed by atoms with van der Waals surface area (Å²) in [6, 6.07) is 11.1. The number of methoxy groups -OCH3 is 1. The summed E-state index contributed by atoms with van der Waals surface area (Å²) in [5.74, 6) is 0.416. The van der Waals surface area contributed by atoms with E-state index >= 15 is 0 Å². The Morgan fingerprint density at radius 1 is 1.00 bits per heavy atom. The van der Waals surface area contributed by atoms with E-state index in [0.717, 1.165) is 11.1 Å². The number of nitrogens with zero attached hydrogens (tertiary/aromatic N) is 2. The maximum absolute atomic E-state index is 12.7. The number of aromatic nitrogens is 2. The summed E-state index contributed by atoms with van der Waals surface area (Å²) in [4.78, 5) is 21.1. The topological polar surface area (TPSA) is 64.1 Å². The van der Waals surface area contributed by atoms with E-state index < -0.39 is 0 Å². The lowest BCUT2D eigenvalue weighted by Gasteiger charge is -2.21. The quantitative estimate of drug-likeness (QED) is 0.779. The molecular weight excluding hydrogens is 314 g/mol. The van der Waals surface area contributed by atoms with Crippen LogP contribution < -0.4 is 10.1 Å². The fourth-order valence-electron chi connectivity index (χ4n) is 2.57. The van der Waals surface area contributed by atoms with E-state index in [-0.39, 0.29) is 11.3 Å². The molecule has 1 N–H and O–H groups in total. The molecule has 25 heavy (non-hydrogen) atoms. The fraction of sp³-hybridized carbons (Fsp3) is 0.250. The third kappa shape index (κ3) is 3.60. The second kappa shape index (κ2) is 6.51. The van der Waals surface area contributed by atoms with Gasteiger partial charge in [0.1, 0.15) is 5.75 Å². The second-order valence-electron chi connectivity index (χ2n) is 6.88. The van der Waals surface area contributed by atoms with Crippen LogP contribution in [0.3, 0.4) is 0 Å². The van der Waals surface area contributed by atoms with Crippen LogP contribution in [0, 0.1) is 0 Å². The molecule has 0 aliphatic carbocycles. The van der Waals surface area contributed by atoms with Gasteiger partial charge in [0.15, 0.2) is 0 Å². The zero-order valence-corrected chi connectivity index (χ0v) is 14.8. The highest BCUT2D eigenvalue weighted by Gasteiger charge is 2.17. The molecule has 1 aromatic heterocycles. The molecule has 0 bridgehead atoms. The Hall–Kier alpha value is -2.95.